The number of benzene rings is 4. The summed E-state index contributed by atoms with van der Waals surface area (Å²) in [5.41, 5.74) is 11.1. The normalized spacial score (nSPS) is 16.7. The molecule has 63 heavy (non-hydrogen) atoms. The minimum Gasteiger partial charge on any atom is -0.297 e. The van der Waals surface area contributed by atoms with E-state index in [1.165, 1.54) is 22.0 Å². The summed E-state index contributed by atoms with van der Waals surface area (Å²) < 4.78 is 2.93. The molecule has 9 rings (SSSR count). The maximum absolute atomic E-state index is 13.6. The fraction of sp³-hybridized carbons (Fsp3) is 0.358. The van der Waals surface area contributed by atoms with Gasteiger partial charge >= 0.3 is 12.2 Å². The molecule has 10 heteroatoms. The van der Waals surface area contributed by atoms with E-state index in [9.17, 15) is 9.59 Å². The first-order valence-electron chi connectivity index (χ1n) is 22.9. The average molecular weight is 841 g/mol. The first kappa shape index (κ1) is 41.9. The van der Waals surface area contributed by atoms with Gasteiger partial charge in [-0.2, -0.15) is 0 Å². The SMILES string of the molecule is CCc1nc(C)cn1C(=O)O/N=C(/c1ccc2c(c1)-c1cc(/C(=N/OC(=O)n3cc(C)nc3CC)C3CCCCC3)ccc1C2(c1ccccc1)c1ccccc1)C1CCCCC1. The molecule has 2 saturated carbocycles. The second kappa shape index (κ2) is 18.1. The summed E-state index contributed by atoms with van der Waals surface area (Å²) in [5.74, 6) is 1.55. The van der Waals surface area contributed by atoms with Crippen molar-refractivity contribution in [3.8, 4) is 11.1 Å². The van der Waals surface area contributed by atoms with Crippen LogP contribution in [0.4, 0.5) is 9.59 Å². The van der Waals surface area contributed by atoms with E-state index in [2.05, 4.69) is 107 Å². The number of oxime groups is 2. The summed E-state index contributed by atoms with van der Waals surface area (Å²) in [6, 6.07) is 34.9. The van der Waals surface area contributed by atoms with Crippen LogP contribution in [0, 0.1) is 25.7 Å². The summed E-state index contributed by atoms with van der Waals surface area (Å²) in [7, 11) is 0. The highest BCUT2D eigenvalue weighted by atomic mass is 16.7. The second-order valence-corrected chi connectivity index (χ2v) is 17.4. The molecule has 10 nitrogen and oxygen atoms in total. The van der Waals surface area contributed by atoms with Crippen molar-refractivity contribution in [2.75, 3.05) is 0 Å². The van der Waals surface area contributed by atoms with E-state index in [-0.39, 0.29) is 11.8 Å². The maximum atomic E-state index is 13.6. The van der Waals surface area contributed by atoms with Crippen LogP contribution < -0.4 is 0 Å². The third-order valence-corrected chi connectivity index (χ3v) is 13.4. The molecule has 3 aliphatic rings. The van der Waals surface area contributed by atoms with E-state index in [0.717, 1.165) is 119 Å². The molecule has 0 atom stereocenters. The molecule has 2 fully saturated rings. The zero-order chi connectivity index (χ0) is 43.5. The number of aromatic nitrogens is 4. The Balaban J connectivity index is 1.22. The fourth-order valence-electron chi connectivity index (χ4n) is 10.5. The topological polar surface area (TPSA) is 113 Å². The molecule has 322 valence electrons. The fourth-order valence-corrected chi connectivity index (χ4v) is 10.5. The molecule has 0 N–H and O–H groups in total. The van der Waals surface area contributed by atoms with E-state index in [1.54, 1.807) is 12.4 Å². The van der Waals surface area contributed by atoms with Gasteiger partial charge in [0.05, 0.1) is 28.2 Å². The van der Waals surface area contributed by atoms with Crippen LogP contribution in [0.15, 0.2) is 120 Å². The maximum Gasteiger partial charge on any atom is 0.445 e. The minimum absolute atomic E-state index is 0.132. The van der Waals surface area contributed by atoms with Gasteiger partial charge in [-0.25, -0.2) is 28.7 Å². The molecule has 2 heterocycles. The zero-order valence-electron chi connectivity index (χ0n) is 36.8. The lowest BCUT2D eigenvalue weighted by molar-refractivity contribution is 0.149. The Kier molecular flexibility index (Phi) is 12.1. The highest BCUT2D eigenvalue weighted by Crippen LogP contribution is 2.56. The summed E-state index contributed by atoms with van der Waals surface area (Å²) >= 11 is 0. The number of imidazole rings is 2. The number of carbonyl (C=O) groups is 2. The average Bonchev–Trinajstić information content (AvgIpc) is 4.01. The molecule has 0 bridgehead atoms. The van der Waals surface area contributed by atoms with E-state index >= 15 is 0 Å². The molecule has 0 unspecified atom stereocenters. The van der Waals surface area contributed by atoms with Crippen molar-refractivity contribution < 1.29 is 19.3 Å². The Bertz CT molecular complexity index is 2500. The highest BCUT2D eigenvalue weighted by molar-refractivity contribution is 6.06. The van der Waals surface area contributed by atoms with Crippen LogP contribution in [0.2, 0.25) is 0 Å². The van der Waals surface area contributed by atoms with Crippen molar-refractivity contribution in [2.45, 2.75) is 110 Å². The monoisotopic (exact) mass is 840 g/mol. The molecule has 0 saturated heterocycles. The quantitative estimate of drug-likeness (QED) is 0.0770. The number of aryl methyl sites for hydroxylation is 4. The van der Waals surface area contributed by atoms with Crippen LogP contribution in [-0.4, -0.2) is 42.7 Å². The van der Waals surface area contributed by atoms with Crippen molar-refractivity contribution in [1.29, 1.82) is 0 Å². The van der Waals surface area contributed by atoms with Crippen molar-refractivity contribution in [3.05, 3.63) is 166 Å². The molecule has 0 aliphatic heterocycles. The Morgan fingerprint density at radius 3 is 1.37 bits per heavy atom. The van der Waals surface area contributed by atoms with Crippen LogP contribution in [0.5, 0.6) is 0 Å². The Hall–Kier alpha value is -6.42. The highest BCUT2D eigenvalue weighted by Gasteiger charge is 2.46. The van der Waals surface area contributed by atoms with Crippen LogP contribution in [0.25, 0.3) is 11.1 Å². The summed E-state index contributed by atoms with van der Waals surface area (Å²) in [4.78, 5) is 47.9. The van der Waals surface area contributed by atoms with Gasteiger partial charge in [0.1, 0.15) is 11.6 Å². The van der Waals surface area contributed by atoms with Gasteiger partial charge in [0, 0.05) is 48.2 Å². The molecule has 2 aromatic heterocycles. The van der Waals surface area contributed by atoms with Crippen molar-refractivity contribution >= 4 is 23.6 Å². The van der Waals surface area contributed by atoms with Gasteiger partial charge < -0.3 is 0 Å². The third kappa shape index (κ3) is 7.96. The summed E-state index contributed by atoms with van der Waals surface area (Å²) in [5, 5.41) is 9.49. The number of fused-ring (bicyclic) bond motifs is 3. The zero-order valence-corrected chi connectivity index (χ0v) is 36.8. The summed E-state index contributed by atoms with van der Waals surface area (Å²) in [6.45, 7) is 7.70. The third-order valence-electron chi connectivity index (χ3n) is 13.4. The lowest BCUT2D eigenvalue weighted by Gasteiger charge is -2.34. The molecule has 0 radical (unpaired) electrons. The lowest BCUT2D eigenvalue weighted by Crippen LogP contribution is -2.29. The molecule has 0 amide bonds. The first-order valence-corrected chi connectivity index (χ1v) is 22.9. The smallest absolute Gasteiger partial charge is 0.297 e. The van der Waals surface area contributed by atoms with Gasteiger partial charge in [-0.15, -0.1) is 0 Å². The van der Waals surface area contributed by atoms with Crippen LogP contribution >= 0.6 is 0 Å². The van der Waals surface area contributed by atoms with E-state index in [4.69, 9.17) is 20.0 Å². The summed E-state index contributed by atoms with van der Waals surface area (Å²) in [6.07, 6.45) is 14.1. The van der Waals surface area contributed by atoms with Crippen LogP contribution in [-0.2, 0) is 27.9 Å². The molecule has 0 spiro atoms. The Morgan fingerprint density at radius 1 is 0.587 bits per heavy atom. The molecule has 6 aromatic rings. The molecule has 3 aliphatic carbocycles. The number of nitrogens with zero attached hydrogens (tertiary/aromatic N) is 6. The van der Waals surface area contributed by atoms with E-state index < -0.39 is 17.6 Å². The van der Waals surface area contributed by atoms with E-state index in [1.807, 2.05) is 27.7 Å². The van der Waals surface area contributed by atoms with E-state index in [0.29, 0.717) is 24.5 Å². The number of hydrogen-bond donors (Lipinski definition) is 0. The first-order chi connectivity index (χ1) is 30.8. The molecule has 4 aromatic carbocycles. The lowest BCUT2D eigenvalue weighted by atomic mass is 9.67. The van der Waals surface area contributed by atoms with Gasteiger partial charge in [0.25, 0.3) is 0 Å². The van der Waals surface area contributed by atoms with Gasteiger partial charge in [-0.1, -0.05) is 148 Å². The van der Waals surface area contributed by atoms with Crippen LogP contribution in [0.1, 0.15) is 134 Å². The van der Waals surface area contributed by atoms with Gasteiger partial charge in [-0.05, 0) is 85.0 Å². The van der Waals surface area contributed by atoms with Crippen LogP contribution in [0.3, 0.4) is 0 Å². The number of carbonyl (C=O) groups excluding carboxylic acids is 2. The number of hydrogen-bond acceptors (Lipinski definition) is 8. The second-order valence-electron chi connectivity index (χ2n) is 17.4. The van der Waals surface area contributed by atoms with Gasteiger partial charge in [-0.3, -0.25) is 9.68 Å². The Morgan fingerprint density at radius 2 is 0.984 bits per heavy atom. The van der Waals surface area contributed by atoms with Crippen molar-refractivity contribution in [1.82, 2.24) is 19.1 Å². The largest absolute Gasteiger partial charge is 0.445 e. The molecular weight excluding hydrogens is 785 g/mol. The predicted octanol–water partition coefficient (Wildman–Crippen LogP) is 12.1. The van der Waals surface area contributed by atoms with Gasteiger partial charge in [0.2, 0.25) is 0 Å². The molecular formula is C53H56N6O4. The van der Waals surface area contributed by atoms with Gasteiger partial charge in [0.15, 0.2) is 0 Å². The minimum atomic E-state index is -0.640. The number of rotatable bonds is 10. The Labute approximate surface area is 370 Å². The van der Waals surface area contributed by atoms with Crippen molar-refractivity contribution in [3.63, 3.8) is 0 Å². The standard InChI is InChI=1S/C53H56N6O4/c1-5-47-54-35(3)33-58(47)51(60)62-56-49(37-19-11-7-12-20-37)39-27-29-45-43(31-39)44-32-40(28-30-46(44)53(45,41-23-15-9-16-24-41)42-25-17-10-18-26-42)50(38-21-13-8-14-22-38)57-63-52(61)59-34-36(4)55-48(59)6-2/h9-10,15-18,23-34,37-38H,5-8,11-14,19-22H2,1-4H3/b56-49+,57-50+. The predicted molar refractivity (Wildman–Crippen MR) is 246 cm³/mol. The van der Waals surface area contributed by atoms with Crippen molar-refractivity contribution in [2.24, 2.45) is 22.1 Å².